The van der Waals surface area contributed by atoms with E-state index in [1.54, 1.807) is 11.3 Å². The van der Waals surface area contributed by atoms with Gasteiger partial charge in [-0.05, 0) is 44.1 Å². The second-order valence-corrected chi connectivity index (χ2v) is 7.87. The first-order valence-corrected chi connectivity index (χ1v) is 10.6. The molecular weight excluding hydrogens is 334 g/mol. The van der Waals surface area contributed by atoms with Crippen LogP contribution in [0.1, 0.15) is 92.4 Å². The average Bonchev–Trinajstić information content (AvgIpc) is 2.97. The van der Waals surface area contributed by atoms with Gasteiger partial charge in [-0.2, -0.15) is 0 Å². The van der Waals surface area contributed by atoms with Crippen molar-refractivity contribution in [2.75, 3.05) is 11.9 Å². The molecule has 0 unspecified atom stereocenters. The summed E-state index contributed by atoms with van der Waals surface area (Å²) in [5.41, 5.74) is 1.73. The largest absolute Gasteiger partial charge is 0.462 e. The summed E-state index contributed by atoms with van der Waals surface area (Å²) in [4.78, 5) is 26.0. The van der Waals surface area contributed by atoms with E-state index in [4.69, 9.17) is 4.74 Å². The van der Waals surface area contributed by atoms with Gasteiger partial charge in [0.15, 0.2) is 0 Å². The number of hydrogen-bond acceptors (Lipinski definition) is 4. The lowest BCUT2D eigenvalue weighted by Gasteiger charge is -2.12. The van der Waals surface area contributed by atoms with Crippen LogP contribution in [0.4, 0.5) is 5.00 Å². The summed E-state index contributed by atoms with van der Waals surface area (Å²) < 4.78 is 5.37. The number of carbonyl (C=O) groups is 2. The van der Waals surface area contributed by atoms with Gasteiger partial charge in [-0.3, -0.25) is 4.79 Å². The number of aryl methyl sites for hydroxylation is 1. The maximum atomic E-state index is 12.5. The summed E-state index contributed by atoms with van der Waals surface area (Å²) in [5, 5.41) is 3.70. The highest BCUT2D eigenvalue weighted by Crippen LogP contribution is 2.38. The highest BCUT2D eigenvalue weighted by molar-refractivity contribution is 7.17. The molecule has 0 aliphatic heterocycles. The van der Waals surface area contributed by atoms with Gasteiger partial charge in [-0.15, -0.1) is 11.3 Å². The zero-order valence-corrected chi connectivity index (χ0v) is 16.4. The molecular formula is C20H31NO3S. The number of amides is 1. The molecule has 1 N–H and O–H groups in total. The first kappa shape index (κ1) is 20.0. The van der Waals surface area contributed by atoms with Crippen molar-refractivity contribution in [3.05, 3.63) is 16.0 Å². The predicted octanol–water partition coefficient (Wildman–Crippen LogP) is 5.49. The Labute approximate surface area is 155 Å². The summed E-state index contributed by atoms with van der Waals surface area (Å²) in [5.74, 6) is -0.265. The molecule has 25 heavy (non-hydrogen) atoms. The van der Waals surface area contributed by atoms with E-state index >= 15 is 0 Å². The molecule has 4 nitrogen and oxygen atoms in total. The number of thiophene rings is 1. The number of anilines is 1. The standard InChI is InChI=1S/C20H31NO3S/c1-3-5-6-7-8-13-17(22)21-19-18(20(23)24-14-4-2)15-11-9-10-12-16(15)25-19/h3-14H2,1-2H3,(H,21,22). The van der Waals surface area contributed by atoms with Gasteiger partial charge in [0.2, 0.25) is 5.91 Å². The number of nitrogens with one attached hydrogen (secondary N) is 1. The molecule has 2 rings (SSSR count). The van der Waals surface area contributed by atoms with Crippen LogP contribution in [0.5, 0.6) is 0 Å². The molecule has 0 saturated carbocycles. The van der Waals surface area contributed by atoms with Crippen LogP contribution in [-0.2, 0) is 22.4 Å². The summed E-state index contributed by atoms with van der Waals surface area (Å²) in [7, 11) is 0. The zero-order valence-electron chi connectivity index (χ0n) is 15.6. The second-order valence-electron chi connectivity index (χ2n) is 6.76. The van der Waals surface area contributed by atoms with Crippen molar-refractivity contribution >= 4 is 28.2 Å². The third-order valence-corrected chi connectivity index (χ3v) is 5.78. The van der Waals surface area contributed by atoms with Crippen molar-refractivity contribution in [3.63, 3.8) is 0 Å². The van der Waals surface area contributed by atoms with Gasteiger partial charge in [0.05, 0.1) is 12.2 Å². The Hall–Kier alpha value is -1.36. The van der Waals surface area contributed by atoms with Gasteiger partial charge in [0, 0.05) is 11.3 Å². The Balaban J connectivity index is 2.02. The molecule has 1 aromatic rings. The Morgan fingerprint density at radius 3 is 2.56 bits per heavy atom. The van der Waals surface area contributed by atoms with Crippen LogP contribution >= 0.6 is 11.3 Å². The fourth-order valence-electron chi connectivity index (χ4n) is 3.22. The first-order chi connectivity index (χ1) is 12.2. The van der Waals surface area contributed by atoms with Crippen molar-refractivity contribution in [1.82, 2.24) is 0 Å². The maximum absolute atomic E-state index is 12.5. The minimum atomic E-state index is -0.278. The minimum Gasteiger partial charge on any atom is -0.462 e. The van der Waals surface area contributed by atoms with Crippen LogP contribution in [0.25, 0.3) is 0 Å². The normalized spacial score (nSPS) is 13.4. The summed E-state index contributed by atoms with van der Waals surface area (Å²) in [6.07, 6.45) is 11.1. The molecule has 0 saturated heterocycles. The molecule has 1 heterocycles. The number of carbonyl (C=O) groups excluding carboxylic acids is 2. The smallest absolute Gasteiger partial charge is 0.341 e. The van der Waals surface area contributed by atoms with Crippen molar-refractivity contribution in [1.29, 1.82) is 0 Å². The van der Waals surface area contributed by atoms with Crippen molar-refractivity contribution < 1.29 is 14.3 Å². The van der Waals surface area contributed by atoms with Crippen LogP contribution in [0, 0.1) is 0 Å². The van der Waals surface area contributed by atoms with Gasteiger partial charge < -0.3 is 10.1 Å². The highest BCUT2D eigenvalue weighted by Gasteiger charge is 2.27. The van der Waals surface area contributed by atoms with Crippen molar-refractivity contribution in [2.45, 2.75) is 84.5 Å². The van der Waals surface area contributed by atoms with Crippen molar-refractivity contribution in [3.8, 4) is 0 Å². The van der Waals surface area contributed by atoms with Gasteiger partial charge >= 0.3 is 5.97 Å². The van der Waals surface area contributed by atoms with Crippen LogP contribution in [-0.4, -0.2) is 18.5 Å². The number of hydrogen-bond donors (Lipinski definition) is 1. The topological polar surface area (TPSA) is 55.4 Å². The third-order valence-electron chi connectivity index (χ3n) is 4.57. The van der Waals surface area contributed by atoms with Gasteiger partial charge in [0.1, 0.15) is 5.00 Å². The summed E-state index contributed by atoms with van der Waals surface area (Å²) in [6, 6.07) is 0. The lowest BCUT2D eigenvalue weighted by molar-refractivity contribution is -0.116. The lowest BCUT2D eigenvalue weighted by atomic mass is 9.95. The molecule has 140 valence electrons. The number of unbranched alkanes of at least 4 members (excludes halogenated alkanes) is 4. The monoisotopic (exact) mass is 365 g/mol. The van der Waals surface area contributed by atoms with Gasteiger partial charge in [-0.25, -0.2) is 4.79 Å². The Morgan fingerprint density at radius 1 is 1.04 bits per heavy atom. The molecule has 1 aliphatic rings. The predicted molar refractivity (Wildman–Crippen MR) is 104 cm³/mol. The zero-order chi connectivity index (χ0) is 18.1. The second kappa shape index (κ2) is 10.6. The molecule has 0 fully saturated rings. The van der Waals surface area contributed by atoms with E-state index in [1.807, 2.05) is 6.92 Å². The molecule has 1 amide bonds. The quantitative estimate of drug-likeness (QED) is 0.440. The van der Waals surface area contributed by atoms with E-state index in [2.05, 4.69) is 12.2 Å². The Morgan fingerprint density at radius 2 is 1.80 bits per heavy atom. The minimum absolute atomic E-state index is 0.0136. The number of ether oxygens (including phenoxy) is 1. The van der Waals surface area contributed by atoms with E-state index in [0.717, 1.165) is 50.5 Å². The van der Waals surface area contributed by atoms with Crippen LogP contribution in [0.2, 0.25) is 0 Å². The average molecular weight is 366 g/mol. The lowest BCUT2D eigenvalue weighted by Crippen LogP contribution is -2.15. The van der Waals surface area contributed by atoms with Gasteiger partial charge in [-0.1, -0.05) is 39.5 Å². The molecule has 5 heteroatoms. The van der Waals surface area contributed by atoms with E-state index in [-0.39, 0.29) is 11.9 Å². The molecule has 1 aliphatic carbocycles. The number of rotatable bonds is 10. The van der Waals surface area contributed by atoms with Crippen LogP contribution < -0.4 is 5.32 Å². The first-order valence-electron chi connectivity index (χ1n) is 9.78. The number of fused-ring (bicyclic) bond motifs is 1. The molecule has 0 aromatic carbocycles. The SMILES string of the molecule is CCCCCCCC(=O)Nc1sc2c(c1C(=O)OCCC)CCCC2. The Kier molecular flexibility index (Phi) is 8.45. The Bertz CT molecular complexity index is 580. The van der Waals surface area contributed by atoms with Crippen LogP contribution in [0.3, 0.4) is 0 Å². The van der Waals surface area contributed by atoms with E-state index in [1.165, 1.54) is 24.1 Å². The highest BCUT2D eigenvalue weighted by atomic mass is 32.1. The summed E-state index contributed by atoms with van der Waals surface area (Å²) >= 11 is 1.57. The van der Waals surface area contributed by atoms with Crippen molar-refractivity contribution in [2.24, 2.45) is 0 Å². The number of esters is 1. The van der Waals surface area contributed by atoms with E-state index < -0.39 is 0 Å². The van der Waals surface area contributed by atoms with E-state index in [9.17, 15) is 9.59 Å². The molecule has 0 spiro atoms. The fourth-order valence-corrected chi connectivity index (χ4v) is 4.51. The molecule has 0 radical (unpaired) electrons. The molecule has 1 aromatic heterocycles. The fraction of sp³-hybridized carbons (Fsp3) is 0.700. The van der Waals surface area contributed by atoms with E-state index in [0.29, 0.717) is 23.6 Å². The molecule has 0 bridgehead atoms. The van der Waals surface area contributed by atoms with Gasteiger partial charge in [0.25, 0.3) is 0 Å². The molecule has 0 atom stereocenters. The summed E-state index contributed by atoms with van der Waals surface area (Å²) in [6.45, 7) is 4.59. The maximum Gasteiger partial charge on any atom is 0.341 e. The van der Waals surface area contributed by atoms with Crippen LogP contribution in [0.15, 0.2) is 0 Å². The third kappa shape index (κ3) is 5.84.